The third kappa shape index (κ3) is 3.11. The summed E-state index contributed by atoms with van der Waals surface area (Å²) in [6, 6.07) is 3.91. The van der Waals surface area contributed by atoms with Gasteiger partial charge in [0.25, 0.3) is 0 Å². The number of halogens is 1. The number of likely N-dealkylation sites (tertiary alicyclic amines) is 1. The van der Waals surface area contributed by atoms with Crippen molar-refractivity contribution in [3.8, 4) is 0 Å². The highest BCUT2D eigenvalue weighted by atomic mass is 35.5. The molecule has 120 valence electrons. The number of amides is 1. The van der Waals surface area contributed by atoms with Gasteiger partial charge in [0, 0.05) is 25.6 Å². The van der Waals surface area contributed by atoms with Crippen LogP contribution in [0.1, 0.15) is 27.2 Å². The molecule has 3 rings (SSSR count). The fourth-order valence-electron chi connectivity index (χ4n) is 3.18. The molecule has 0 radical (unpaired) electrons. The monoisotopic (exact) mass is 324 g/mol. The second kappa shape index (κ2) is 5.57. The van der Waals surface area contributed by atoms with Crippen molar-refractivity contribution < 1.29 is 9.53 Å². The van der Waals surface area contributed by atoms with E-state index >= 15 is 0 Å². The lowest BCUT2D eigenvalue weighted by molar-refractivity contribution is 0.0284. The fourth-order valence-corrected chi connectivity index (χ4v) is 3.28. The zero-order chi connectivity index (χ0) is 15.9. The molecule has 22 heavy (non-hydrogen) atoms. The maximum atomic E-state index is 12.2. The predicted octanol–water partition coefficient (Wildman–Crippen LogP) is 2.58. The summed E-state index contributed by atoms with van der Waals surface area (Å²) in [4.78, 5) is 16.2. The van der Waals surface area contributed by atoms with Crippen LogP contribution < -0.4 is 4.90 Å². The van der Waals surface area contributed by atoms with Gasteiger partial charge in [-0.25, -0.2) is 4.79 Å². The molecule has 0 spiro atoms. The number of hydrogen-bond donors (Lipinski definition) is 0. The molecular formula is C15H21ClN4O2. The van der Waals surface area contributed by atoms with Gasteiger partial charge in [-0.1, -0.05) is 11.6 Å². The number of carbonyl (C=O) groups excluding carboxylic acids is 1. The Morgan fingerprint density at radius 1 is 1.32 bits per heavy atom. The number of aromatic nitrogens is 2. The van der Waals surface area contributed by atoms with Gasteiger partial charge in [0.1, 0.15) is 5.60 Å². The van der Waals surface area contributed by atoms with Gasteiger partial charge in [-0.3, -0.25) is 0 Å². The number of fused-ring (bicyclic) bond motifs is 1. The summed E-state index contributed by atoms with van der Waals surface area (Å²) < 4.78 is 5.47. The van der Waals surface area contributed by atoms with Crippen molar-refractivity contribution in [2.24, 2.45) is 5.92 Å². The van der Waals surface area contributed by atoms with E-state index in [-0.39, 0.29) is 12.1 Å². The first kappa shape index (κ1) is 15.3. The van der Waals surface area contributed by atoms with E-state index < -0.39 is 5.60 Å². The maximum Gasteiger partial charge on any atom is 0.410 e. The molecule has 0 bridgehead atoms. The molecule has 2 aliphatic rings. The van der Waals surface area contributed by atoms with Crippen molar-refractivity contribution in [1.82, 2.24) is 15.1 Å². The van der Waals surface area contributed by atoms with Gasteiger partial charge < -0.3 is 14.5 Å². The van der Waals surface area contributed by atoms with Crippen LogP contribution in [-0.4, -0.2) is 52.5 Å². The van der Waals surface area contributed by atoms with E-state index in [1.54, 1.807) is 11.0 Å². The molecule has 6 nitrogen and oxygen atoms in total. The Morgan fingerprint density at radius 2 is 2.09 bits per heavy atom. The van der Waals surface area contributed by atoms with Crippen LogP contribution >= 0.6 is 11.6 Å². The number of anilines is 1. The van der Waals surface area contributed by atoms with Crippen LogP contribution in [0, 0.1) is 5.92 Å². The summed E-state index contributed by atoms with van der Waals surface area (Å²) >= 11 is 5.79. The van der Waals surface area contributed by atoms with Gasteiger partial charge in [0.05, 0.1) is 6.04 Å². The van der Waals surface area contributed by atoms with E-state index in [4.69, 9.17) is 16.3 Å². The molecule has 7 heteroatoms. The van der Waals surface area contributed by atoms with Crippen LogP contribution in [0.2, 0.25) is 5.15 Å². The van der Waals surface area contributed by atoms with Crippen LogP contribution in [0.4, 0.5) is 10.6 Å². The smallest absolute Gasteiger partial charge is 0.410 e. The SMILES string of the molecule is CC(C)(C)OC(=O)N1C[C@@H]2CCN(c3ccc(Cl)nn3)[C@@H]2C1. The molecule has 1 aromatic rings. The minimum atomic E-state index is -0.462. The molecule has 0 saturated carbocycles. The molecule has 0 aliphatic carbocycles. The largest absolute Gasteiger partial charge is 0.444 e. The molecule has 1 amide bonds. The van der Waals surface area contributed by atoms with Crippen molar-refractivity contribution in [2.75, 3.05) is 24.5 Å². The minimum Gasteiger partial charge on any atom is -0.444 e. The van der Waals surface area contributed by atoms with E-state index in [0.29, 0.717) is 17.6 Å². The summed E-state index contributed by atoms with van der Waals surface area (Å²) in [6.07, 6.45) is 0.818. The third-order valence-electron chi connectivity index (χ3n) is 4.11. The highest BCUT2D eigenvalue weighted by Gasteiger charge is 2.44. The van der Waals surface area contributed by atoms with Crippen LogP contribution in [0.15, 0.2) is 12.1 Å². The topological polar surface area (TPSA) is 58.6 Å². The molecule has 0 unspecified atom stereocenters. The minimum absolute atomic E-state index is 0.232. The lowest BCUT2D eigenvalue weighted by atomic mass is 10.1. The molecule has 2 fully saturated rings. The standard InChI is InChI=1S/C15H21ClN4O2/c1-15(2,3)22-14(21)19-8-10-6-7-20(11(10)9-19)13-5-4-12(16)17-18-13/h4-5,10-11H,6-9H2,1-3H3/t10-,11+/m0/s1. The number of carbonyl (C=O) groups is 1. The first-order valence-electron chi connectivity index (χ1n) is 7.57. The summed E-state index contributed by atoms with van der Waals surface area (Å²) in [5.74, 6) is 1.29. The van der Waals surface area contributed by atoms with Crippen LogP contribution in [-0.2, 0) is 4.74 Å². The predicted molar refractivity (Wildman–Crippen MR) is 84.1 cm³/mol. The Kier molecular flexibility index (Phi) is 3.89. The van der Waals surface area contributed by atoms with E-state index in [1.165, 1.54) is 0 Å². The summed E-state index contributed by atoms with van der Waals surface area (Å²) in [6.45, 7) is 8.01. The number of ether oxygens (including phenoxy) is 1. The van der Waals surface area contributed by atoms with E-state index in [1.807, 2.05) is 26.8 Å². The average Bonchev–Trinajstić information content (AvgIpc) is 2.97. The van der Waals surface area contributed by atoms with Crippen LogP contribution in [0.5, 0.6) is 0 Å². The highest BCUT2D eigenvalue weighted by Crippen LogP contribution is 2.34. The van der Waals surface area contributed by atoms with Gasteiger partial charge in [-0.05, 0) is 39.3 Å². The van der Waals surface area contributed by atoms with Gasteiger partial charge in [0.15, 0.2) is 11.0 Å². The van der Waals surface area contributed by atoms with E-state index in [2.05, 4.69) is 15.1 Å². The molecule has 0 N–H and O–H groups in total. The van der Waals surface area contributed by atoms with Gasteiger partial charge >= 0.3 is 6.09 Å². The Hall–Kier alpha value is -1.56. The van der Waals surface area contributed by atoms with Gasteiger partial charge in [-0.2, -0.15) is 0 Å². The van der Waals surface area contributed by atoms with Crippen molar-refractivity contribution >= 4 is 23.5 Å². The molecule has 3 heterocycles. The third-order valence-corrected chi connectivity index (χ3v) is 4.31. The van der Waals surface area contributed by atoms with Crippen LogP contribution in [0.25, 0.3) is 0 Å². The van der Waals surface area contributed by atoms with Crippen molar-refractivity contribution in [2.45, 2.75) is 38.8 Å². The van der Waals surface area contributed by atoms with Crippen LogP contribution in [0.3, 0.4) is 0 Å². The Morgan fingerprint density at radius 3 is 2.73 bits per heavy atom. The van der Waals surface area contributed by atoms with E-state index in [0.717, 1.165) is 25.3 Å². The van der Waals surface area contributed by atoms with Crippen molar-refractivity contribution in [3.05, 3.63) is 17.3 Å². The zero-order valence-electron chi connectivity index (χ0n) is 13.1. The van der Waals surface area contributed by atoms with Crippen molar-refractivity contribution in [1.29, 1.82) is 0 Å². The Bertz CT molecular complexity index is 558. The first-order chi connectivity index (χ1) is 10.3. The number of rotatable bonds is 1. The highest BCUT2D eigenvalue weighted by molar-refractivity contribution is 6.29. The summed E-state index contributed by atoms with van der Waals surface area (Å²) in [7, 11) is 0. The fraction of sp³-hybridized carbons (Fsp3) is 0.667. The Labute approximate surface area is 135 Å². The molecular weight excluding hydrogens is 304 g/mol. The molecule has 2 atom stereocenters. The average molecular weight is 325 g/mol. The number of hydrogen-bond acceptors (Lipinski definition) is 5. The van der Waals surface area contributed by atoms with Crippen molar-refractivity contribution in [3.63, 3.8) is 0 Å². The molecule has 0 aromatic carbocycles. The Balaban J connectivity index is 1.68. The lowest BCUT2D eigenvalue weighted by Gasteiger charge is -2.27. The molecule has 2 saturated heterocycles. The normalized spacial score (nSPS) is 24.5. The zero-order valence-corrected chi connectivity index (χ0v) is 13.9. The molecule has 1 aromatic heterocycles. The van der Waals surface area contributed by atoms with E-state index in [9.17, 15) is 4.79 Å². The maximum absolute atomic E-state index is 12.2. The quantitative estimate of drug-likeness (QED) is 0.794. The van der Waals surface area contributed by atoms with Gasteiger partial charge in [-0.15, -0.1) is 10.2 Å². The lowest BCUT2D eigenvalue weighted by Crippen LogP contribution is -2.39. The second-order valence-corrected chi connectivity index (χ2v) is 7.30. The summed E-state index contributed by atoms with van der Waals surface area (Å²) in [5.41, 5.74) is -0.462. The summed E-state index contributed by atoms with van der Waals surface area (Å²) in [5, 5.41) is 8.46. The molecule has 2 aliphatic heterocycles. The van der Waals surface area contributed by atoms with Gasteiger partial charge in [0.2, 0.25) is 0 Å². The second-order valence-electron chi connectivity index (χ2n) is 6.91. The first-order valence-corrected chi connectivity index (χ1v) is 7.95. The number of nitrogens with zero attached hydrogens (tertiary/aromatic N) is 4.